The lowest BCUT2D eigenvalue weighted by Crippen LogP contribution is -2.04. The van der Waals surface area contributed by atoms with Crippen LogP contribution in [0.1, 0.15) is 13.3 Å². The van der Waals surface area contributed by atoms with Gasteiger partial charge in [0, 0.05) is 18.9 Å². The van der Waals surface area contributed by atoms with Crippen molar-refractivity contribution in [1.82, 2.24) is 19.7 Å². The van der Waals surface area contributed by atoms with E-state index in [4.69, 9.17) is 5.73 Å². The first-order valence-electron chi connectivity index (χ1n) is 4.92. The van der Waals surface area contributed by atoms with Gasteiger partial charge in [-0.1, -0.05) is 6.92 Å². The van der Waals surface area contributed by atoms with Crippen molar-refractivity contribution in [2.75, 3.05) is 5.73 Å². The number of nitrogens with two attached hydrogens (primary N) is 1. The van der Waals surface area contributed by atoms with E-state index in [0.717, 1.165) is 18.7 Å². The predicted octanol–water partition coefficient (Wildman–Crippen LogP) is 1.33. The van der Waals surface area contributed by atoms with Crippen molar-refractivity contribution in [3.63, 3.8) is 0 Å². The zero-order valence-corrected chi connectivity index (χ0v) is 8.59. The SMILES string of the molecule is CCCn1nccc1-c1nccc(N)n1. The van der Waals surface area contributed by atoms with E-state index in [1.54, 1.807) is 18.5 Å². The lowest BCUT2D eigenvalue weighted by Gasteiger charge is -2.04. The minimum Gasteiger partial charge on any atom is -0.384 e. The third-order valence-electron chi connectivity index (χ3n) is 2.06. The van der Waals surface area contributed by atoms with Crippen LogP contribution in [0.15, 0.2) is 24.5 Å². The predicted molar refractivity (Wildman–Crippen MR) is 58.0 cm³/mol. The van der Waals surface area contributed by atoms with Gasteiger partial charge in [0.1, 0.15) is 11.5 Å². The average molecular weight is 203 g/mol. The van der Waals surface area contributed by atoms with Gasteiger partial charge in [0.25, 0.3) is 0 Å². The quantitative estimate of drug-likeness (QED) is 0.817. The van der Waals surface area contributed by atoms with Crippen LogP contribution in [0.4, 0.5) is 5.82 Å². The monoisotopic (exact) mass is 203 g/mol. The number of hydrogen-bond donors (Lipinski definition) is 1. The van der Waals surface area contributed by atoms with Crippen LogP contribution in [0.5, 0.6) is 0 Å². The Morgan fingerprint density at radius 1 is 1.33 bits per heavy atom. The maximum atomic E-state index is 5.61. The van der Waals surface area contributed by atoms with E-state index in [-0.39, 0.29) is 0 Å². The Balaban J connectivity index is 2.40. The molecular formula is C10H13N5. The molecule has 5 nitrogen and oxygen atoms in total. The topological polar surface area (TPSA) is 69.6 Å². The largest absolute Gasteiger partial charge is 0.384 e. The highest BCUT2D eigenvalue weighted by Crippen LogP contribution is 2.14. The number of nitrogens with zero attached hydrogens (tertiary/aromatic N) is 4. The molecule has 0 amide bonds. The number of hydrogen-bond acceptors (Lipinski definition) is 4. The third-order valence-corrected chi connectivity index (χ3v) is 2.06. The second-order valence-electron chi connectivity index (χ2n) is 3.24. The molecule has 0 aliphatic rings. The highest BCUT2D eigenvalue weighted by molar-refractivity contribution is 5.51. The highest BCUT2D eigenvalue weighted by Gasteiger charge is 2.07. The Bertz CT molecular complexity index is 449. The first-order valence-corrected chi connectivity index (χ1v) is 4.92. The fourth-order valence-corrected chi connectivity index (χ4v) is 1.41. The van der Waals surface area contributed by atoms with E-state index < -0.39 is 0 Å². The van der Waals surface area contributed by atoms with E-state index in [0.29, 0.717) is 11.6 Å². The van der Waals surface area contributed by atoms with E-state index in [9.17, 15) is 0 Å². The Hall–Kier alpha value is -1.91. The lowest BCUT2D eigenvalue weighted by atomic mass is 10.3. The van der Waals surface area contributed by atoms with Crippen molar-refractivity contribution in [1.29, 1.82) is 0 Å². The molecule has 2 heterocycles. The molecule has 15 heavy (non-hydrogen) atoms. The molecule has 0 aliphatic carbocycles. The molecule has 0 bridgehead atoms. The molecule has 0 saturated heterocycles. The van der Waals surface area contributed by atoms with Gasteiger partial charge < -0.3 is 5.73 Å². The third kappa shape index (κ3) is 1.96. The number of aryl methyl sites for hydroxylation is 1. The van der Waals surface area contributed by atoms with E-state index in [1.807, 2.05) is 10.7 Å². The van der Waals surface area contributed by atoms with Crippen LogP contribution in [0.25, 0.3) is 11.5 Å². The molecule has 0 atom stereocenters. The van der Waals surface area contributed by atoms with Crippen LogP contribution in [-0.2, 0) is 6.54 Å². The van der Waals surface area contributed by atoms with Crippen LogP contribution in [-0.4, -0.2) is 19.7 Å². The van der Waals surface area contributed by atoms with Crippen molar-refractivity contribution >= 4 is 5.82 Å². The molecule has 2 N–H and O–H groups in total. The van der Waals surface area contributed by atoms with Gasteiger partial charge in [0.15, 0.2) is 5.82 Å². The van der Waals surface area contributed by atoms with Gasteiger partial charge in [-0.2, -0.15) is 5.10 Å². The number of rotatable bonds is 3. The van der Waals surface area contributed by atoms with Crippen molar-refractivity contribution in [3.05, 3.63) is 24.5 Å². The highest BCUT2D eigenvalue weighted by atomic mass is 15.3. The van der Waals surface area contributed by atoms with Gasteiger partial charge in [0.2, 0.25) is 0 Å². The summed E-state index contributed by atoms with van der Waals surface area (Å²) in [5.74, 6) is 1.10. The van der Waals surface area contributed by atoms with Gasteiger partial charge in [-0.3, -0.25) is 4.68 Å². The smallest absolute Gasteiger partial charge is 0.179 e. The molecule has 2 aromatic rings. The summed E-state index contributed by atoms with van der Waals surface area (Å²) in [5.41, 5.74) is 6.51. The summed E-state index contributed by atoms with van der Waals surface area (Å²) in [6, 6.07) is 3.56. The molecule has 0 aliphatic heterocycles. The number of anilines is 1. The summed E-state index contributed by atoms with van der Waals surface area (Å²) in [6.45, 7) is 2.96. The van der Waals surface area contributed by atoms with Crippen LogP contribution in [0, 0.1) is 0 Å². The van der Waals surface area contributed by atoms with Crippen LogP contribution < -0.4 is 5.73 Å². The van der Waals surface area contributed by atoms with Gasteiger partial charge in [-0.05, 0) is 18.6 Å². The Labute approximate surface area is 88.0 Å². The van der Waals surface area contributed by atoms with Gasteiger partial charge in [-0.25, -0.2) is 9.97 Å². The molecule has 2 rings (SSSR count). The van der Waals surface area contributed by atoms with Gasteiger partial charge >= 0.3 is 0 Å². The fourth-order valence-electron chi connectivity index (χ4n) is 1.41. The molecule has 2 aromatic heterocycles. The van der Waals surface area contributed by atoms with E-state index in [1.165, 1.54) is 0 Å². The molecule has 0 unspecified atom stereocenters. The maximum Gasteiger partial charge on any atom is 0.179 e. The lowest BCUT2D eigenvalue weighted by molar-refractivity contribution is 0.607. The van der Waals surface area contributed by atoms with Gasteiger partial charge in [0.05, 0.1) is 0 Å². The van der Waals surface area contributed by atoms with Crippen molar-refractivity contribution < 1.29 is 0 Å². The van der Waals surface area contributed by atoms with Crippen LogP contribution in [0.2, 0.25) is 0 Å². The van der Waals surface area contributed by atoms with E-state index in [2.05, 4.69) is 22.0 Å². The minimum atomic E-state index is 0.476. The standard InChI is InChI=1S/C10H13N5/c1-2-7-15-8(3-6-13-15)10-12-5-4-9(11)14-10/h3-6H,2,7H2,1H3,(H2,11,12,14). The molecule has 0 radical (unpaired) electrons. The molecule has 78 valence electrons. The number of nitrogen functional groups attached to an aromatic ring is 1. The minimum absolute atomic E-state index is 0.476. The molecule has 0 fully saturated rings. The normalized spacial score (nSPS) is 10.5. The first-order chi connectivity index (χ1) is 7.31. The van der Waals surface area contributed by atoms with Gasteiger partial charge in [-0.15, -0.1) is 0 Å². The molecule has 0 aromatic carbocycles. The first kappa shape index (κ1) is 9.64. The molecular weight excluding hydrogens is 190 g/mol. The summed E-state index contributed by atoms with van der Waals surface area (Å²) >= 11 is 0. The Kier molecular flexibility index (Phi) is 2.62. The van der Waals surface area contributed by atoms with E-state index >= 15 is 0 Å². The zero-order chi connectivity index (χ0) is 10.7. The second-order valence-corrected chi connectivity index (χ2v) is 3.24. The summed E-state index contributed by atoms with van der Waals surface area (Å²) in [5, 5.41) is 4.21. The van der Waals surface area contributed by atoms with Crippen molar-refractivity contribution in [2.24, 2.45) is 0 Å². The van der Waals surface area contributed by atoms with Crippen LogP contribution in [0.3, 0.4) is 0 Å². The second kappa shape index (κ2) is 4.08. The molecule has 5 heteroatoms. The van der Waals surface area contributed by atoms with Crippen LogP contribution >= 0.6 is 0 Å². The zero-order valence-electron chi connectivity index (χ0n) is 8.59. The van der Waals surface area contributed by atoms with Crippen molar-refractivity contribution in [2.45, 2.75) is 19.9 Å². The summed E-state index contributed by atoms with van der Waals surface area (Å²) < 4.78 is 1.88. The summed E-state index contributed by atoms with van der Waals surface area (Å²) in [6.07, 6.45) is 4.43. The number of aromatic nitrogens is 4. The van der Waals surface area contributed by atoms with Crippen molar-refractivity contribution in [3.8, 4) is 11.5 Å². The molecule has 0 saturated carbocycles. The maximum absolute atomic E-state index is 5.61. The summed E-state index contributed by atoms with van der Waals surface area (Å²) in [4.78, 5) is 8.34. The molecule has 0 spiro atoms. The Morgan fingerprint density at radius 2 is 2.20 bits per heavy atom. The Morgan fingerprint density at radius 3 is 2.93 bits per heavy atom. The fraction of sp³-hybridized carbons (Fsp3) is 0.300. The average Bonchev–Trinajstić information content (AvgIpc) is 2.66. The summed E-state index contributed by atoms with van der Waals surface area (Å²) in [7, 11) is 0.